The van der Waals surface area contributed by atoms with E-state index < -0.39 is 0 Å². The minimum atomic E-state index is 0.142. The maximum absolute atomic E-state index is 11.3. The van der Waals surface area contributed by atoms with Crippen molar-refractivity contribution in [2.45, 2.75) is 31.6 Å². The quantitative estimate of drug-likeness (QED) is 0.631. The highest BCUT2D eigenvalue weighted by atomic mass is 32.2. The van der Waals surface area contributed by atoms with Crippen molar-refractivity contribution in [2.24, 2.45) is 0 Å². The maximum Gasteiger partial charge on any atom is 0.204 e. The summed E-state index contributed by atoms with van der Waals surface area (Å²) in [4.78, 5) is 16.0. The van der Waals surface area contributed by atoms with E-state index in [1.807, 2.05) is 13.8 Å². The van der Waals surface area contributed by atoms with Gasteiger partial charge in [0.15, 0.2) is 0 Å². The van der Waals surface area contributed by atoms with Gasteiger partial charge in [-0.05, 0) is 26.9 Å². The summed E-state index contributed by atoms with van der Waals surface area (Å²) in [7, 11) is 4.22. The van der Waals surface area contributed by atoms with E-state index in [-0.39, 0.29) is 4.87 Å². The van der Waals surface area contributed by atoms with Crippen LogP contribution in [0, 0.1) is 0 Å². The Morgan fingerprint density at radius 3 is 2.13 bits per heavy atom. The number of hydrogen-bond donors (Lipinski definition) is 0. The van der Waals surface area contributed by atoms with E-state index in [4.69, 9.17) is 0 Å². The molecule has 4 heteroatoms. The fourth-order valence-electron chi connectivity index (χ4n) is 2.11. The number of nitrogens with zero attached hydrogens (tertiary/aromatic N) is 2. The number of likely N-dealkylation sites (N-methyl/N-ethyl adjacent to an activating group) is 1. The van der Waals surface area contributed by atoms with E-state index in [0.29, 0.717) is 11.7 Å². The molecular formula is C11H22N2OS. The standard InChI is InChI=1S/C9H16N2OS.C2H6/c1-10-5-3-9(4-6-10)11(2)7-8(12)13-9;1-2/h3-7H2,1-2H3;1-2H3. The minimum Gasteiger partial charge on any atom is -0.306 e. The molecule has 2 rings (SSSR count). The molecule has 0 bridgehead atoms. The molecule has 2 fully saturated rings. The Labute approximate surface area is 97.2 Å². The Morgan fingerprint density at radius 1 is 1.20 bits per heavy atom. The number of carbonyl (C=O) groups excluding carboxylic acids is 1. The fraction of sp³-hybridized carbons (Fsp3) is 0.909. The first kappa shape index (κ1) is 13.0. The molecule has 2 aliphatic rings. The third-order valence-corrected chi connectivity index (χ3v) is 4.59. The van der Waals surface area contributed by atoms with Gasteiger partial charge in [0.2, 0.25) is 5.12 Å². The largest absolute Gasteiger partial charge is 0.306 e. The fourth-order valence-corrected chi connectivity index (χ4v) is 3.40. The second-order valence-electron chi connectivity index (χ2n) is 4.08. The SMILES string of the molecule is CC.CN1CCC2(CC1)SC(=O)CN2C. The number of likely N-dealkylation sites (tertiary alicyclic amines) is 1. The average Bonchev–Trinajstić information content (AvgIpc) is 2.50. The van der Waals surface area contributed by atoms with Gasteiger partial charge in [-0.2, -0.15) is 0 Å². The highest BCUT2D eigenvalue weighted by Gasteiger charge is 2.45. The van der Waals surface area contributed by atoms with E-state index in [0.717, 1.165) is 25.9 Å². The molecule has 15 heavy (non-hydrogen) atoms. The van der Waals surface area contributed by atoms with Gasteiger partial charge in [0.1, 0.15) is 0 Å². The predicted molar refractivity (Wildman–Crippen MR) is 66.0 cm³/mol. The van der Waals surface area contributed by atoms with Gasteiger partial charge in [-0.15, -0.1) is 0 Å². The molecular weight excluding hydrogens is 208 g/mol. The van der Waals surface area contributed by atoms with Crippen molar-refractivity contribution < 1.29 is 4.79 Å². The van der Waals surface area contributed by atoms with Crippen LogP contribution < -0.4 is 0 Å². The van der Waals surface area contributed by atoms with Crippen LogP contribution in [0.25, 0.3) is 0 Å². The summed E-state index contributed by atoms with van der Waals surface area (Å²) in [6, 6.07) is 0. The first-order chi connectivity index (χ1) is 7.12. The Balaban J connectivity index is 0.000000531. The van der Waals surface area contributed by atoms with E-state index in [9.17, 15) is 4.79 Å². The Hall–Kier alpha value is -0.0600. The van der Waals surface area contributed by atoms with Gasteiger partial charge in [0.25, 0.3) is 0 Å². The van der Waals surface area contributed by atoms with E-state index in [1.54, 1.807) is 11.8 Å². The van der Waals surface area contributed by atoms with Crippen molar-refractivity contribution in [2.75, 3.05) is 33.7 Å². The lowest BCUT2D eigenvalue weighted by Crippen LogP contribution is -2.47. The molecule has 0 N–H and O–H groups in total. The van der Waals surface area contributed by atoms with Gasteiger partial charge in [-0.25, -0.2) is 0 Å². The van der Waals surface area contributed by atoms with Gasteiger partial charge in [-0.1, -0.05) is 25.6 Å². The third-order valence-electron chi connectivity index (χ3n) is 3.13. The molecule has 2 heterocycles. The summed E-state index contributed by atoms with van der Waals surface area (Å²) in [5.41, 5.74) is 0. The van der Waals surface area contributed by atoms with Crippen molar-refractivity contribution in [1.29, 1.82) is 0 Å². The minimum absolute atomic E-state index is 0.142. The molecule has 2 aliphatic heterocycles. The predicted octanol–water partition coefficient (Wildman–Crippen LogP) is 1.64. The molecule has 0 amide bonds. The Kier molecular flexibility index (Phi) is 4.62. The second-order valence-corrected chi connectivity index (χ2v) is 5.50. The number of thioether (sulfide) groups is 1. The normalized spacial score (nSPS) is 26.5. The molecule has 0 saturated carbocycles. The topological polar surface area (TPSA) is 23.6 Å². The van der Waals surface area contributed by atoms with Gasteiger partial charge in [0.05, 0.1) is 11.4 Å². The van der Waals surface area contributed by atoms with Crippen LogP contribution >= 0.6 is 11.8 Å². The van der Waals surface area contributed by atoms with Gasteiger partial charge < -0.3 is 4.90 Å². The first-order valence-electron chi connectivity index (χ1n) is 5.74. The van der Waals surface area contributed by atoms with Crippen LogP contribution in [0.4, 0.5) is 0 Å². The molecule has 0 aliphatic carbocycles. The van der Waals surface area contributed by atoms with Crippen molar-refractivity contribution in [1.82, 2.24) is 9.80 Å². The highest BCUT2D eigenvalue weighted by Crippen LogP contribution is 2.43. The zero-order chi connectivity index (χ0) is 11.5. The molecule has 0 atom stereocenters. The summed E-state index contributed by atoms with van der Waals surface area (Å²) in [6.07, 6.45) is 2.24. The van der Waals surface area contributed by atoms with Crippen LogP contribution in [-0.2, 0) is 4.79 Å². The summed E-state index contributed by atoms with van der Waals surface area (Å²) >= 11 is 1.56. The van der Waals surface area contributed by atoms with Crippen molar-refractivity contribution in [3.05, 3.63) is 0 Å². The molecule has 2 saturated heterocycles. The van der Waals surface area contributed by atoms with Gasteiger partial charge >= 0.3 is 0 Å². The van der Waals surface area contributed by atoms with Crippen LogP contribution in [0.15, 0.2) is 0 Å². The van der Waals surface area contributed by atoms with Gasteiger partial charge in [-0.3, -0.25) is 9.69 Å². The molecule has 0 aromatic heterocycles. The molecule has 3 nitrogen and oxygen atoms in total. The molecule has 0 unspecified atom stereocenters. The monoisotopic (exact) mass is 230 g/mol. The van der Waals surface area contributed by atoms with E-state index in [2.05, 4.69) is 23.9 Å². The summed E-state index contributed by atoms with van der Waals surface area (Å²) in [5.74, 6) is 0. The Bertz CT molecular complexity index is 225. The molecule has 0 aromatic rings. The summed E-state index contributed by atoms with van der Waals surface area (Å²) < 4.78 is 0. The smallest absolute Gasteiger partial charge is 0.204 e. The number of carbonyl (C=O) groups is 1. The van der Waals surface area contributed by atoms with E-state index >= 15 is 0 Å². The lowest BCUT2D eigenvalue weighted by molar-refractivity contribution is -0.111. The van der Waals surface area contributed by atoms with Crippen LogP contribution in [0.1, 0.15) is 26.7 Å². The van der Waals surface area contributed by atoms with Gasteiger partial charge in [0, 0.05) is 13.1 Å². The lowest BCUT2D eigenvalue weighted by Gasteiger charge is -2.40. The first-order valence-corrected chi connectivity index (χ1v) is 6.56. The molecule has 88 valence electrons. The average molecular weight is 230 g/mol. The number of piperidine rings is 1. The van der Waals surface area contributed by atoms with Crippen LogP contribution in [0.2, 0.25) is 0 Å². The van der Waals surface area contributed by atoms with Crippen LogP contribution in [-0.4, -0.2) is 53.5 Å². The molecule has 0 aromatic carbocycles. The molecule has 0 radical (unpaired) electrons. The third kappa shape index (κ3) is 2.74. The zero-order valence-electron chi connectivity index (χ0n) is 10.2. The maximum atomic E-state index is 11.3. The second kappa shape index (κ2) is 5.32. The zero-order valence-corrected chi connectivity index (χ0v) is 11.1. The Morgan fingerprint density at radius 2 is 1.73 bits per heavy atom. The number of rotatable bonds is 0. The van der Waals surface area contributed by atoms with Crippen LogP contribution in [0.3, 0.4) is 0 Å². The van der Waals surface area contributed by atoms with Crippen molar-refractivity contribution >= 4 is 16.9 Å². The number of hydrogen-bond acceptors (Lipinski definition) is 4. The van der Waals surface area contributed by atoms with Crippen molar-refractivity contribution in [3.63, 3.8) is 0 Å². The van der Waals surface area contributed by atoms with Crippen molar-refractivity contribution in [3.8, 4) is 0 Å². The van der Waals surface area contributed by atoms with E-state index in [1.165, 1.54) is 0 Å². The summed E-state index contributed by atoms with van der Waals surface area (Å²) in [6.45, 7) is 6.86. The molecule has 1 spiro atoms. The highest BCUT2D eigenvalue weighted by molar-refractivity contribution is 8.15. The lowest BCUT2D eigenvalue weighted by atomic mass is 10.0. The van der Waals surface area contributed by atoms with Crippen LogP contribution in [0.5, 0.6) is 0 Å². The summed E-state index contributed by atoms with van der Waals surface area (Å²) in [5, 5.41) is 0.340.